The summed E-state index contributed by atoms with van der Waals surface area (Å²) in [6.45, 7) is 5.43. The van der Waals surface area contributed by atoms with Crippen LogP contribution < -0.4 is 9.62 Å². The topological polar surface area (TPSA) is 86.8 Å². The fraction of sp³-hybridized carbons (Fsp3) is 0.394. The first-order valence-corrected chi connectivity index (χ1v) is 16.1. The summed E-state index contributed by atoms with van der Waals surface area (Å²) < 4.78 is 27.4. The second kappa shape index (κ2) is 13.3. The van der Waals surface area contributed by atoms with E-state index in [1.807, 2.05) is 93.6 Å². The van der Waals surface area contributed by atoms with Gasteiger partial charge < -0.3 is 10.2 Å². The summed E-state index contributed by atoms with van der Waals surface area (Å²) >= 11 is 0. The van der Waals surface area contributed by atoms with Crippen LogP contribution in [0, 0.1) is 20.8 Å². The fourth-order valence-corrected chi connectivity index (χ4v) is 6.63. The van der Waals surface area contributed by atoms with Gasteiger partial charge in [-0.25, -0.2) is 8.42 Å². The molecule has 218 valence electrons. The largest absolute Gasteiger partial charge is 0.352 e. The van der Waals surface area contributed by atoms with Gasteiger partial charge in [-0.1, -0.05) is 85.6 Å². The van der Waals surface area contributed by atoms with E-state index in [4.69, 9.17) is 0 Å². The van der Waals surface area contributed by atoms with Crippen LogP contribution in [0.1, 0.15) is 53.5 Å². The van der Waals surface area contributed by atoms with Crippen molar-refractivity contribution in [3.63, 3.8) is 0 Å². The molecule has 0 bridgehead atoms. The quantitative estimate of drug-likeness (QED) is 0.346. The van der Waals surface area contributed by atoms with E-state index in [9.17, 15) is 18.0 Å². The number of carbonyl (C=O) groups is 2. The highest BCUT2D eigenvalue weighted by Gasteiger charge is 2.35. The van der Waals surface area contributed by atoms with Crippen LogP contribution >= 0.6 is 0 Å². The minimum Gasteiger partial charge on any atom is -0.352 e. The lowest BCUT2D eigenvalue weighted by Crippen LogP contribution is -2.54. The predicted octanol–water partition coefficient (Wildman–Crippen LogP) is 5.08. The number of aryl methyl sites for hydroxylation is 3. The molecule has 0 aromatic heterocycles. The van der Waals surface area contributed by atoms with Crippen LogP contribution in [0.25, 0.3) is 0 Å². The van der Waals surface area contributed by atoms with Crippen molar-refractivity contribution in [1.82, 2.24) is 10.2 Å². The smallest absolute Gasteiger partial charge is 0.244 e. The molecule has 0 aliphatic heterocycles. The zero-order valence-electron chi connectivity index (χ0n) is 24.5. The van der Waals surface area contributed by atoms with Crippen LogP contribution in [-0.4, -0.2) is 50.0 Å². The number of rotatable bonds is 11. The number of nitrogens with one attached hydrogen (secondary N) is 1. The van der Waals surface area contributed by atoms with E-state index in [0.29, 0.717) is 12.1 Å². The molecular formula is C33H41N3O4S. The average Bonchev–Trinajstić information content (AvgIpc) is 3.44. The van der Waals surface area contributed by atoms with Crippen molar-refractivity contribution in [3.05, 3.63) is 101 Å². The highest BCUT2D eigenvalue weighted by molar-refractivity contribution is 7.92. The Bertz CT molecular complexity index is 1450. The summed E-state index contributed by atoms with van der Waals surface area (Å²) in [5.74, 6) is -0.635. The SMILES string of the molecule is Cc1ccccc1CN(C(=O)CN(c1c(C)cccc1C)S(C)(=O)=O)[C@H](Cc1ccccc1)C(=O)NC1CCCC1. The van der Waals surface area contributed by atoms with Gasteiger partial charge in [-0.2, -0.15) is 0 Å². The Morgan fingerprint density at radius 3 is 2.05 bits per heavy atom. The van der Waals surface area contributed by atoms with Crippen molar-refractivity contribution >= 4 is 27.5 Å². The summed E-state index contributed by atoms with van der Waals surface area (Å²) in [4.78, 5) is 29.8. The molecule has 0 heterocycles. The van der Waals surface area contributed by atoms with Gasteiger partial charge in [0.2, 0.25) is 21.8 Å². The number of sulfonamides is 1. The maximum absolute atomic E-state index is 14.3. The summed E-state index contributed by atoms with van der Waals surface area (Å²) in [6, 6.07) is 22.2. The fourth-order valence-electron chi connectivity index (χ4n) is 5.67. The second-order valence-corrected chi connectivity index (χ2v) is 13.1. The van der Waals surface area contributed by atoms with E-state index >= 15 is 0 Å². The number of anilines is 1. The molecule has 8 heteroatoms. The number of amides is 2. The van der Waals surface area contributed by atoms with Crippen molar-refractivity contribution in [3.8, 4) is 0 Å². The number of hydrogen-bond acceptors (Lipinski definition) is 4. The van der Waals surface area contributed by atoms with Gasteiger partial charge >= 0.3 is 0 Å². The number of benzene rings is 3. The molecule has 0 saturated heterocycles. The molecule has 1 N–H and O–H groups in total. The van der Waals surface area contributed by atoms with Crippen molar-refractivity contribution in [2.45, 2.75) is 71.5 Å². The lowest BCUT2D eigenvalue weighted by Gasteiger charge is -2.35. The van der Waals surface area contributed by atoms with Gasteiger partial charge in [0.1, 0.15) is 12.6 Å². The molecule has 2 amide bonds. The maximum atomic E-state index is 14.3. The molecule has 7 nitrogen and oxygen atoms in total. The van der Waals surface area contributed by atoms with Gasteiger partial charge in [0.05, 0.1) is 11.9 Å². The van der Waals surface area contributed by atoms with E-state index in [-0.39, 0.29) is 18.5 Å². The van der Waals surface area contributed by atoms with Crippen molar-refractivity contribution in [2.24, 2.45) is 0 Å². The van der Waals surface area contributed by atoms with Gasteiger partial charge in [0.15, 0.2) is 0 Å². The molecule has 1 atom stereocenters. The molecule has 1 saturated carbocycles. The van der Waals surface area contributed by atoms with E-state index < -0.39 is 28.5 Å². The molecule has 1 aliphatic carbocycles. The number of carbonyl (C=O) groups excluding carboxylic acids is 2. The Balaban J connectivity index is 1.76. The van der Waals surface area contributed by atoms with Crippen LogP contribution in [0.15, 0.2) is 72.8 Å². The Morgan fingerprint density at radius 2 is 1.44 bits per heavy atom. The van der Waals surface area contributed by atoms with Crippen LogP contribution in [0.3, 0.4) is 0 Å². The van der Waals surface area contributed by atoms with E-state index in [1.54, 1.807) is 4.90 Å². The molecule has 1 fully saturated rings. The normalized spacial score (nSPS) is 14.4. The zero-order chi connectivity index (χ0) is 29.6. The van der Waals surface area contributed by atoms with E-state index in [1.165, 1.54) is 4.31 Å². The third kappa shape index (κ3) is 7.76. The molecule has 0 radical (unpaired) electrons. The molecular weight excluding hydrogens is 534 g/mol. The first kappa shape index (κ1) is 30.3. The third-order valence-electron chi connectivity index (χ3n) is 7.94. The second-order valence-electron chi connectivity index (χ2n) is 11.2. The molecule has 3 aromatic rings. The highest BCUT2D eigenvalue weighted by Crippen LogP contribution is 2.28. The van der Waals surface area contributed by atoms with Gasteiger partial charge in [0, 0.05) is 19.0 Å². The van der Waals surface area contributed by atoms with Crippen LogP contribution in [0.5, 0.6) is 0 Å². The van der Waals surface area contributed by atoms with Crippen LogP contribution in [0.2, 0.25) is 0 Å². The minimum atomic E-state index is -3.81. The number of para-hydroxylation sites is 1. The summed E-state index contributed by atoms with van der Waals surface area (Å²) in [6.07, 6.45) is 5.41. The lowest BCUT2D eigenvalue weighted by molar-refractivity contribution is -0.140. The summed E-state index contributed by atoms with van der Waals surface area (Å²) in [5.41, 5.74) is 4.84. The van der Waals surface area contributed by atoms with Crippen LogP contribution in [0.4, 0.5) is 5.69 Å². The lowest BCUT2D eigenvalue weighted by atomic mass is 10.0. The van der Waals surface area contributed by atoms with Gasteiger partial charge in [-0.15, -0.1) is 0 Å². The Labute approximate surface area is 244 Å². The molecule has 41 heavy (non-hydrogen) atoms. The first-order valence-electron chi connectivity index (χ1n) is 14.3. The summed E-state index contributed by atoms with van der Waals surface area (Å²) in [7, 11) is -3.81. The third-order valence-corrected chi connectivity index (χ3v) is 9.06. The molecule has 3 aromatic carbocycles. The highest BCUT2D eigenvalue weighted by atomic mass is 32.2. The van der Waals surface area contributed by atoms with Crippen LogP contribution in [-0.2, 0) is 32.6 Å². The van der Waals surface area contributed by atoms with Gasteiger partial charge in [-0.3, -0.25) is 13.9 Å². The van der Waals surface area contributed by atoms with Gasteiger partial charge in [-0.05, 0) is 61.4 Å². The van der Waals surface area contributed by atoms with Crippen molar-refractivity contribution < 1.29 is 18.0 Å². The molecule has 4 rings (SSSR count). The average molecular weight is 576 g/mol. The molecule has 0 unspecified atom stereocenters. The van der Waals surface area contributed by atoms with Gasteiger partial charge in [0.25, 0.3) is 0 Å². The monoisotopic (exact) mass is 575 g/mol. The Kier molecular flexibility index (Phi) is 9.86. The van der Waals surface area contributed by atoms with E-state index in [0.717, 1.165) is 59.8 Å². The Morgan fingerprint density at radius 1 is 0.854 bits per heavy atom. The number of nitrogens with zero attached hydrogens (tertiary/aromatic N) is 2. The Hall–Kier alpha value is -3.65. The van der Waals surface area contributed by atoms with Crippen molar-refractivity contribution in [1.29, 1.82) is 0 Å². The van der Waals surface area contributed by atoms with E-state index in [2.05, 4.69) is 5.32 Å². The number of hydrogen-bond donors (Lipinski definition) is 1. The summed E-state index contributed by atoms with van der Waals surface area (Å²) in [5, 5.41) is 3.20. The zero-order valence-corrected chi connectivity index (χ0v) is 25.3. The minimum absolute atomic E-state index is 0.0818. The molecule has 0 spiro atoms. The molecule has 1 aliphatic rings. The first-order chi connectivity index (χ1) is 19.5. The predicted molar refractivity (Wildman–Crippen MR) is 164 cm³/mol. The van der Waals surface area contributed by atoms with Crippen molar-refractivity contribution in [2.75, 3.05) is 17.1 Å². The standard InChI is InChI=1S/C33H41N3O4S/c1-24-13-8-9-18-28(24)22-35(31(37)23-36(41(4,39)40)32-25(2)14-12-15-26(32)3)30(21-27-16-6-5-7-17-27)33(38)34-29-19-10-11-20-29/h5-9,12-18,29-30H,10-11,19-23H2,1-4H3,(H,34,38)/t30-/m1/s1. The maximum Gasteiger partial charge on any atom is 0.244 e.